The third kappa shape index (κ3) is 3.48. The monoisotopic (exact) mass is 330 g/mol. The molecular formula is C16H18N4O4. The van der Waals surface area contributed by atoms with E-state index in [9.17, 15) is 9.59 Å². The lowest BCUT2D eigenvalue weighted by Gasteiger charge is -2.18. The number of urea groups is 1. The molecule has 8 nitrogen and oxygen atoms in total. The van der Waals surface area contributed by atoms with Crippen LogP contribution in [0.4, 0.5) is 16.3 Å². The van der Waals surface area contributed by atoms with Gasteiger partial charge in [-0.05, 0) is 19.1 Å². The van der Waals surface area contributed by atoms with Crippen molar-refractivity contribution in [3.63, 3.8) is 0 Å². The molecule has 0 spiro atoms. The molecule has 1 atom stereocenters. The normalized spacial score (nSPS) is 17.0. The maximum atomic E-state index is 12.2. The number of methoxy groups -OCH3 is 1. The van der Waals surface area contributed by atoms with Crippen LogP contribution in [0, 0.1) is 6.92 Å². The first-order chi connectivity index (χ1) is 11.5. The molecule has 1 fully saturated rings. The van der Waals surface area contributed by atoms with Gasteiger partial charge in [0, 0.05) is 30.8 Å². The Morgan fingerprint density at radius 2 is 2.25 bits per heavy atom. The van der Waals surface area contributed by atoms with Gasteiger partial charge in [0.1, 0.15) is 11.5 Å². The van der Waals surface area contributed by atoms with E-state index in [0.29, 0.717) is 23.9 Å². The fraction of sp³-hybridized carbons (Fsp3) is 0.312. The minimum absolute atomic E-state index is 0.0502. The fourth-order valence-electron chi connectivity index (χ4n) is 2.60. The zero-order chi connectivity index (χ0) is 17.1. The zero-order valence-electron chi connectivity index (χ0n) is 13.4. The summed E-state index contributed by atoms with van der Waals surface area (Å²) < 4.78 is 10.1. The van der Waals surface area contributed by atoms with Gasteiger partial charge in [-0.15, -0.1) is 0 Å². The predicted octanol–water partition coefficient (Wildman–Crippen LogP) is 1.92. The van der Waals surface area contributed by atoms with Crippen molar-refractivity contribution in [2.45, 2.75) is 19.4 Å². The summed E-state index contributed by atoms with van der Waals surface area (Å²) in [4.78, 5) is 25.8. The van der Waals surface area contributed by atoms with Crippen molar-refractivity contribution in [1.29, 1.82) is 0 Å². The second kappa shape index (κ2) is 6.61. The van der Waals surface area contributed by atoms with Gasteiger partial charge in [0.15, 0.2) is 5.82 Å². The number of amides is 3. The van der Waals surface area contributed by atoms with Crippen LogP contribution in [0.15, 0.2) is 34.9 Å². The van der Waals surface area contributed by atoms with E-state index < -0.39 is 6.03 Å². The van der Waals surface area contributed by atoms with E-state index in [4.69, 9.17) is 9.26 Å². The Bertz CT molecular complexity index is 758. The summed E-state index contributed by atoms with van der Waals surface area (Å²) in [6.07, 6.45) is 0.239. The minimum Gasteiger partial charge on any atom is -0.497 e. The Morgan fingerprint density at radius 3 is 2.96 bits per heavy atom. The molecule has 1 aliphatic heterocycles. The van der Waals surface area contributed by atoms with E-state index in [-0.39, 0.29) is 18.4 Å². The quantitative estimate of drug-likeness (QED) is 0.893. The first-order valence-corrected chi connectivity index (χ1v) is 7.50. The van der Waals surface area contributed by atoms with Crippen molar-refractivity contribution in [1.82, 2.24) is 10.5 Å². The Kier molecular flexibility index (Phi) is 4.37. The van der Waals surface area contributed by atoms with E-state index in [1.807, 2.05) is 18.2 Å². The molecule has 3 rings (SSSR count). The molecule has 2 aromatic rings. The third-order valence-electron chi connectivity index (χ3n) is 3.69. The number of benzene rings is 1. The Morgan fingerprint density at radius 1 is 1.42 bits per heavy atom. The topological polar surface area (TPSA) is 96.7 Å². The summed E-state index contributed by atoms with van der Waals surface area (Å²) in [7, 11) is 1.57. The number of ether oxygens (including phenoxy) is 1. The van der Waals surface area contributed by atoms with Gasteiger partial charge in [-0.25, -0.2) is 4.79 Å². The van der Waals surface area contributed by atoms with E-state index >= 15 is 0 Å². The second-order valence-corrected chi connectivity index (χ2v) is 5.53. The summed E-state index contributed by atoms with van der Waals surface area (Å²) in [6, 6.07) is 8.17. The lowest BCUT2D eigenvalue weighted by atomic mass is 10.2. The Labute approximate surface area is 138 Å². The number of rotatable bonds is 4. The van der Waals surface area contributed by atoms with Gasteiger partial charge in [0.25, 0.3) is 0 Å². The first kappa shape index (κ1) is 15.9. The molecule has 0 radical (unpaired) electrons. The molecule has 0 unspecified atom stereocenters. The van der Waals surface area contributed by atoms with Gasteiger partial charge in [0.2, 0.25) is 5.91 Å². The number of carbonyl (C=O) groups excluding carboxylic acids is 2. The fourth-order valence-corrected chi connectivity index (χ4v) is 2.60. The molecule has 0 saturated carbocycles. The number of nitrogens with zero attached hydrogens (tertiary/aromatic N) is 2. The zero-order valence-corrected chi connectivity index (χ0v) is 13.4. The molecule has 1 saturated heterocycles. The largest absolute Gasteiger partial charge is 0.497 e. The lowest BCUT2D eigenvalue weighted by molar-refractivity contribution is -0.117. The van der Waals surface area contributed by atoms with Crippen LogP contribution in [0.1, 0.15) is 12.2 Å². The number of nitrogens with one attached hydrogen (secondary N) is 2. The van der Waals surface area contributed by atoms with Crippen molar-refractivity contribution < 1.29 is 18.8 Å². The van der Waals surface area contributed by atoms with Crippen LogP contribution < -0.4 is 20.3 Å². The molecule has 2 N–H and O–H groups in total. The van der Waals surface area contributed by atoms with Crippen LogP contribution >= 0.6 is 0 Å². The van der Waals surface area contributed by atoms with E-state index in [1.165, 1.54) is 0 Å². The van der Waals surface area contributed by atoms with Gasteiger partial charge in [-0.2, -0.15) is 0 Å². The molecule has 8 heteroatoms. The molecule has 126 valence electrons. The molecule has 1 aromatic heterocycles. The summed E-state index contributed by atoms with van der Waals surface area (Å²) >= 11 is 0. The molecule has 1 aliphatic rings. The van der Waals surface area contributed by atoms with Crippen molar-refractivity contribution >= 4 is 23.4 Å². The maximum absolute atomic E-state index is 12.2. The van der Waals surface area contributed by atoms with E-state index in [2.05, 4.69) is 15.8 Å². The van der Waals surface area contributed by atoms with Crippen LogP contribution in [0.3, 0.4) is 0 Å². The SMILES string of the molecule is COc1cccc(N2C[C@H](NC(=O)Nc3cc(C)on3)CC2=O)c1. The highest BCUT2D eigenvalue weighted by Gasteiger charge is 2.31. The van der Waals surface area contributed by atoms with Crippen LogP contribution in [-0.2, 0) is 4.79 Å². The summed E-state index contributed by atoms with van der Waals surface area (Å²) in [5.41, 5.74) is 0.746. The number of aryl methyl sites for hydroxylation is 1. The molecular weight excluding hydrogens is 312 g/mol. The molecule has 2 heterocycles. The van der Waals surface area contributed by atoms with Crippen molar-refractivity contribution in [2.75, 3.05) is 23.9 Å². The molecule has 0 aliphatic carbocycles. The highest BCUT2D eigenvalue weighted by Crippen LogP contribution is 2.25. The van der Waals surface area contributed by atoms with E-state index in [1.54, 1.807) is 31.1 Å². The van der Waals surface area contributed by atoms with Crippen LogP contribution in [0.5, 0.6) is 5.75 Å². The summed E-state index contributed by atoms with van der Waals surface area (Å²) in [6.45, 7) is 2.13. The van der Waals surface area contributed by atoms with Gasteiger partial charge in [-0.3, -0.25) is 10.1 Å². The molecule has 24 heavy (non-hydrogen) atoms. The van der Waals surface area contributed by atoms with Gasteiger partial charge in [-0.1, -0.05) is 11.2 Å². The second-order valence-electron chi connectivity index (χ2n) is 5.53. The van der Waals surface area contributed by atoms with Crippen molar-refractivity contribution in [2.24, 2.45) is 0 Å². The third-order valence-corrected chi connectivity index (χ3v) is 3.69. The minimum atomic E-state index is -0.423. The predicted molar refractivity (Wildman–Crippen MR) is 87.1 cm³/mol. The number of anilines is 2. The number of hydrogen-bond acceptors (Lipinski definition) is 5. The standard InChI is InChI=1S/C16H18N4O4/c1-10-6-14(19-24-10)18-16(22)17-11-7-15(21)20(9-11)12-4-3-5-13(8-12)23-2/h3-6,8,11H,7,9H2,1-2H3,(H2,17,18,19,22)/t11-/m1/s1. The van der Waals surface area contributed by atoms with Crippen LogP contribution in [-0.4, -0.2) is 36.8 Å². The lowest BCUT2D eigenvalue weighted by Crippen LogP contribution is -2.39. The Balaban J connectivity index is 1.60. The van der Waals surface area contributed by atoms with Crippen molar-refractivity contribution in [3.05, 3.63) is 36.1 Å². The maximum Gasteiger partial charge on any atom is 0.320 e. The Hall–Kier alpha value is -3.03. The average molecular weight is 330 g/mol. The van der Waals surface area contributed by atoms with E-state index in [0.717, 1.165) is 5.69 Å². The summed E-state index contributed by atoms with van der Waals surface area (Å²) in [5, 5.41) is 9.03. The number of aromatic nitrogens is 1. The first-order valence-electron chi connectivity index (χ1n) is 7.50. The highest BCUT2D eigenvalue weighted by molar-refractivity contribution is 5.97. The average Bonchev–Trinajstić information content (AvgIpc) is 3.12. The molecule has 0 bridgehead atoms. The molecule has 3 amide bonds. The van der Waals surface area contributed by atoms with Gasteiger partial charge in [0.05, 0.1) is 13.2 Å². The van der Waals surface area contributed by atoms with Gasteiger partial charge < -0.3 is 19.5 Å². The van der Waals surface area contributed by atoms with Crippen LogP contribution in [0.25, 0.3) is 0 Å². The van der Waals surface area contributed by atoms with Crippen LogP contribution in [0.2, 0.25) is 0 Å². The molecule has 1 aromatic carbocycles. The highest BCUT2D eigenvalue weighted by atomic mass is 16.5. The number of carbonyl (C=O) groups is 2. The smallest absolute Gasteiger partial charge is 0.320 e. The summed E-state index contributed by atoms with van der Waals surface area (Å²) in [5.74, 6) is 1.56. The van der Waals surface area contributed by atoms with Gasteiger partial charge >= 0.3 is 6.03 Å². The van der Waals surface area contributed by atoms with Crippen molar-refractivity contribution in [3.8, 4) is 5.75 Å². The number of hydrogen-bond donors (Lipinski definition) is 2.